The van der Waals surface area contributed by atoms with Crippen LogP contribution in [0, 0.1) is 43.4 Å². The summed E-state index contributed by atoms with van der Waals surface area (Å²) < 4.78 is 0. The van der Waals surface area contributed by atoms with Gasteiger partial charge >= 0.3 is 0 Å². The molecule has 0 heterocycles. The number of fused-ring (bicyclic) bond motifs is 5. The molecule has 21 heavy (non-hydrogen) atoms. The van der Waals surface area contributed by atoms with Crippen molar-refractivity contribution in [2.75, 3.05) is 6.54 Å². The van der Waals surface area contributed by atoms with Crippen LogP contribution in [0.5, 0.6) is 0 Å². The first-order valence-corrected chi connectivity index (χ1v) is 8.99. The highest BCUT2D eigenvalue weighted by Gasteiger charge is 2.66. The largest absolute Gasteiger partial charge is 0.314 e. The molecular weight excluding hydrogens is 254 g/mol. The molecule has 3 aliphatic rings. The van der Waals surface area contributed by atoms with E-state index in [0.29, 0.717) is 6.04 Å². The van der Waals surface area contributed by atoms with E-state index in [1.165, 1.54) is 30.4 Å². The van der Waals surface area contributed by atoms with Crippen molar-refractivity contribution in [2.24, 2.45) is 29.6 Å². The van der Waals surface area contributed by atoms with Crippen molar-refractivity contribution in [3.63, 3.8) is 0 Å². The van der Waals surface area contributed by atoms with Gasteiger partial charge in [0.05, 0.1) is 0 Å². The predicted molar refractivity (Wildman–Crippen MR) is 88.4 cm³/mol. The first kappa shape index (κ1) is 13.8. The molecule has 5 unspecified atom stereocenters. The summed E-state index contributed by atoms with van der Waals surface area (Å²) in [6.07, 6.45) is 5.87. The summed E-state index contributed by atoms with van der Waals surface area (Å²) in [5.41, 5.74) is 4.55. The van der Waals surface area contributed by atoms with E-state index in [9.17, 15) is 0 Å². The molecule has 0 amide bonds. The molecule has 5 atom stereocenters. The van der Waals surface area contributed by atoms with Gasteiger partial charge in [-0.05, 0) is 92.4 Å². The lowest BCUT2D eigenvalue weighted by atomic mass is 9.90. The van der Waals surface area contributed by atoms with Gasteiger partial charge in [0.15, 0.2) is 0 Å². The number of nitrogens with one attached hydrogen (secondary N) is 1. The summed E-state index contributed by atoms with van der Waals surface area (Å²) in [5, 5.41) is 3.84. The Hall–Kier alpha value is -0.820. The molecule has 1 aromatic carbocycles. The zero-order chi connectivity index (χ0) is 14.6. The Morgan fingerprint density at radius 2 is 1.71 bits per heavy atom. The molecule has 3 fully saturated rings. The van der Waals surface area contributed by atoms with Gasteiger partial charge < -0.3 is 5.32 Å². The van der Waals surface area contributed by atoms with Crippen LogP contribution in [-0.2, 0) is 6.42 Å². The molecule has 0 spiro atoms. The third kappa shape index (κ3) is 2.16. The van der Waals surface area contributed by atoms with Gasteiger partial charge in [-0.15, -0.1) is 0 Å². The fraction of sp³-hybridized carbons (Fsp3) is 0.700. The molecule has 0 aromatic heterocycles. The molecule has 0 saturated heterocycles. The van der Waals surface area contributed by atoms with Crippen LogP contribution in [0.2, 0.25) is 0 Å². The van der Waals surface area contributed by atoms with Gasteiger partial charge in [-0.25, -0.2) is 0 Å². The van der Waals surface area contributed by atoms with Gasteiger partial charge in [-0.3, -0.25) is 0 Å². The zero-order valence-electron chi connectivity index (χ0n) is 13.7. The van der Waals surface area contributed by atoms with Crippen LogP contribution in [0.25, 0.3) is 0 Å². The number of benzene rings is 1. The van der Waals surface area contributed by atoms with E-state index in [1.807, 2.05) is 0 Å². The van der Waals surface area contributed by atoms with E-state index in [4.69, 9.17) is 0 Å². The highest BCUT2D eigenvalue weighted by atomic mass is 14.9. The van der Waals surface area contributed by atoms with Gasteiger partial charge in [0.2, 0.25) is 0 Å². The topological polar surface area (TPSA) is 12.0 Å². The minimum absolute atomic E-state index is 0.716. The summed E-state index contributed by atoms with van der Waals surface area (Å²) in [5.74, 6) is 5.32. The molecule has 3 saturated carbocycles. The minimum Gasteiger partial charge on any atom is -0.314 e. The maximum absolute atomic E-state index is 3.84. The Morgan fingerprint density at radius 1 is 1.10 bits per heavy atom. The van der Waals surface area contributed by atoms with E-state index < -0.39 is 0 Å². The van der Waals surface area contributed by atoms with Crippen molar-refractivity contribution in [3.8, 4) is 0 Å². The zero-order valence-corrected chi connectivity index (χ0v) is 13.7. The van der Waals surface area contributed by atoms with Crippen molar-refractivity contribution in [2.45, 2.75) is 52.5 Å². The summed E-state index contributed by atoms with van der Waals surface area (Å²) in [6.45, 7) is 7.94. The second kappa shape index (κ2) is 5.12. The average molecular weight is 283 g/mol. The lowest BCUT2D eigenvalue weighted by Crippen LogP contribution is -2.35. The third-order valence-corrected chi connectivity index (χ3v) is 6.79. The Labute approximate surface area is 129 Å². The summed E-state index contributed by atoms with van der Waals surface area (Å²) in [7, 11) is 0. The van der Waals surface area contributed by atoms with Crippen molar-refractivity contribution in [3.05, 3.63) is 34.9 Å². The second-order valence-electron chi connectivity index (χ2n) is 7.80. The van der Waals surface area contributed by atoms with Gasteiger partial charge in [0, 0.05) is 6.04 Å². The van der Waals surface area contributed by atoms with Crippen LogP contribution >= 0.6 is 0 Å². The number of hydrogen-bond acceptors (Lipinski definition) is 1. The summed E-state index contributed by atoms with van der Waals surface area (Å²) in [6, 6.07) is 7.47. The highest BCUT2D eigenvalue weighted by molar-refractivity contribution is 5.35. The monoisotopic (exact) mass is 283 g/mol. The van der Waals surface area contributed by atoms with E-state index in [0.717, 1.165) is 36.1 Å². The van der Waals surface area contributed by atoms with Crippen LogP contribution < -0.4 is 5.32 Å². The Balaban J connectivity index is 1.54. The molecule has 114 valence electrons. The lowest BCUT2D eigenvalue weighted by molar-refractivity contribution is 0.365. The number of aryl methyl sites for hydroxylation is 2. The molecule has 2 bridgehead atoms. The Bertz CT molecular complexity index is 498. The van der Waals surface area contributed by atoms with Crippen molar-refractivity contribution in [1.29, 1.82) is 0 Å². The SMILES string of the molecule is CCNC(Cc1c(C)cccc1C)C1C2C3CCC(C3)C21. The molecule has 1 heteroatoms. The maximum Gasteiger partial charge on any atom is 0.0141 e. The fourth-order valence-corrected chi connectivity index (χ4v) is 5.93. The Kier molecular flexibility index (Phi) is 3.37. The Morgan fingerprint density at radius 3 is 2.29 bits per heavy atom. The third-order valence-electron chi connectivity index (χ3n) is 6.79. The van der Waals surface area contributed by atoms with Crippen molar-refractivity contribution < 1.29 is 0 Å². The maximum atomic E-state index is 3.84. The average Bonchev–Trinajstić information content (AvgIpc) is 2.89. The van der Waals surface area contributed by atoms with Crippen LogP contribution in [0.1, 0.15) is 42.9 Å². The van der Waals surface area contributed by atoms with Crippen molar-refractivity contribution >= 4 is 0 Å². The first-order chi connectivity index (χ1) is 10.2. The van der Waals surface area contributed by atoms with Crippen molar-refractivity contribution in [1.82, 2.24) is 5.32 Å². The highest BCUT2D eigenvalue weighted by Crippen LogP contribution is 2.70. The quantitative estimate of drug-likeness (QED) is 0.857. The van der Waals surface area contributed by atoms with Crippen LogP contribution in [0.3, 0.4) is 0 Å². The van der Waals surface area contributed by atoms with Gasteiger partial charge in [0.1, 0.15) is 0 Å². The van der Waals surface area contributed by atoms with E-state index in [-0.39, 0.29) is 0 Å². The normalized spacial score (nSPS) is 37.6. The molecule has 1 N–H and O–H groups in total. The molecule has 3 aliphatic carbocycles. The van der Waals surface area contributed by atoms with Crippen LogP contribution in [0.4, 0.5) is 0 Å². The molecule has 0 radical (unpaired) electrons. The first-order valence-electron chi connectivity index (χ1n) is 8.99. The molecule has 1 nitrogen and oxygen atoms in total. The summed E-state index contributed by atoms with van der Waals surface area (Å²) in [4.78, 5) is 0. The van der Waals surface area contributed by atoms with Crippen LogP contribution in [-0.4, -0.2) is 12.6 Å². The van der Waals surface area contributed by atoms with Gasteiger partial charge in [-0.1, -0.05) is 25.1 Å². The molecular formula is C20H29N. The minimum atomic E-state index is 0.716. The standard InChI is InChI=1S/C20H29N/c1-4-21-17(11-16-12(2)6-5-7-13(16)3)20-18-14-8-9-15(10-14)19(18)20/h5-7,14-15,17-21H,4,8-11H2,1-3H3. The van der Waals surface area contributed by atoms with E-state index >= 15 is 0 Å². The number of hydrogen-bond donors (Lipinski definition) is 1. The smallest absolute Gasteiger partial charge is 0.0141 e. The van der Waals surface area contributed by atoms with E-state index in [1.54, 1.807) is 12.0 Å². The van der Waals surface area contributed by atoms with Crippen LogP contribution in [0.15, 0.2) is 18.2 Å². The molecule has 0 aliphatic heterocycles. The molecule has 4 rings (SSSR count). The predicted octanol–water partition coefficient (Wildman–Crippen LogP) is 4.12. The van der Waals surface area contributed by atoms with E-state index in [2.05, 4.69) is 44.3 Å². The number of likely N-dealkylation sites (N-methyl/N-ethyl adjacent to an activating group) is 1. The lowest BCUT2D eigenvalue weighted by Gasteiger charge is -2.23. The molecule has 1 aromatic rings. The van der Waals surface area contributed by atoms with Gasteiger partial charge in [0.25, 0.3) is 0 Å². The van der Waals surface area contributed by atoms with Gasteiger partial charge in [-0.2, -0.15) is 0 Å². The second-order valence-corrected chi connectivity index (χ2v) is 7.80. The number of rotatable bonds is 5. The summed E-state index contributed by atoms with van der Waals surface area (Å²) >= 11 is 0. The fourth-order valence-electron chi connectivity index (χ4n) is 5.93.